The number of carbonyl (C=O) groups excluding carboxylic acids is 1. The number of piperazine rings is 1. The van der Waals surface area contributed by atoms with Gasteiger partial charge in [-0.15, -0.1) is 24.8 Å². The van der Waals surface area contributed by atoms with E-state index in [-0.39, 0.29) is 35.6 Å². The van der Waals surface area contributed by atoms with Crippen molar-refractivity contribution >= 4 is 46.4 Å². The van der Waals surface area contributed by atoms with E-state index in [1.54, 1.807) is 23.1 Å². The molecule has 0 spiro atoms. The largest absolute Gasteiger partial charge is 0.314 e. The minimum absolute atomic E-state index is 0. The van der Waals surface area contributed by atoms with Crippen LogP contribution < -0.4 is 14.9 Å². The number of hydrogen-bond donors (Lipinski definition) is 2. The van der Waals surface area contributed by atoms with Crippen molar-refractivity contribution in [1.82, 2.24) is 14.9 Å². The molecule has 2 N–H and O–H groups in total. The summed E-state index contributed by atoms with van der Waals surface area (Å²) in [6, 6.07) is 5.01. The number of carbonyl (C=O) groups is 1. The van der Waals surface area contributed by atoms with Crippen LogP contribution in [0.1, 0.15) is 18.9 Å². The van der Waals surface area contributed by atoms with Gasteiger partial charge in [0.1, 0.15) is 0 Å². The van der Waals surface area contributed by atoms with Crippen LogP contribution in [0.15, 0.2) is 23.1 Å². The lowest BCUT2D eigenvalue weighted by Gasteiger charge is -2.27. The third-order valence-corrected chi connectivity index (χ3v) is 6.25. The summed E-state index contributed by atoms with van der Waals surface area (Å²) in [5.74, 6) is -0.0135. The first-order valence-corrected chi connectivity index (χ1v) is 10.3. The number of hydrogen-bond acceptors (Lipinski definition) is 5. The molecule has 3 rings (SSSR count). The highest BCUT2D eigenvalue weighted by Crippen LogP contribution is 2.30. The summed E-state index contributed by atoms with van der Waals surface area (Å²) in [7, 11) is -3.51. The Morgan fingerprint density at radius 2 is 1.89 bits per heavy atom. The Hall–Kier alpha value is -0.900. The van der Waals surface area contributed by atoms with Crippen molar-refractivity contribution in [2.45, 2.75) is 24.7 Å². The predicted molar refractivity (Wildman–Crippen MR) is 112 cm³/mol. The van der Waals surface area contributed by atoms with Crippen LogP contribution in [0.25, 0.3) is 0 Å². The van der Waals surface area contributed by atoms with Crippen LogP contribution in [0.4, 0.5) is 5.69 Å². The molecule has 7 nitrogen and oxygen atoms in total. The van der Waals surface area contributed by atoms with Crippen LogP contribution in [0.3, 0.4) is 0 Å². The molecular formula is C17H28Cl2N4O3S. The maximum Gasteiger partial charge on any atom is 0.240 e. The van der Waals surface area contributed by atoms with Crippen molar-refractivity contribution in [3.05, 3.63) is 23.8 Å². The number of fused-ring (bicyclic) bond motifs is 1. The number of benzene rings is 1. The molecule has 1 amide bonds. The molecule has 10 heteroatoms. The van der Waals surface area contributed by atoms with Crippen molar-refractivity contribution in [3.8, 4) is 0 Å². The summed E-state index contributed by atoms with van der Waals surface area (Å²) in [5.41, 5.74) is 1.74. The van der Waals surface area contributed by atoms with E-state index < -0.39 is 10.0 Å². The maximum absolute atomic E-state index is 12.5. The molecule has 1 aromatic rings. The topological polar surface area (TPSA) is 81.8 Å². The highest BCUT2D eigenvalue weighted by Gasteiger charge is 2.24. The molecule has 27 heavy (non-hydrogen) atoms. The number of nitrogens with zero attached hydrogens (tertiary/aromatic N) is 2. The van der Waals surface area contributed by atoms with Gasteiger partial charge in [0.05, 0.1) is 4.90 Å². The van der Waals surface area contributed by atoms with E-state index in [9.17, 15) is 13.2 Å². The Bertz CT molecular complexity index is 740. The average Bonchev–Trinajstić information content (AvgIpc) is 3.03. The van der Waals surface area contributed by atoms with E-state index in [0.29, 0.717) is 19.5 Å². The van der Waals surface area contributed by atoms with E-state index in [1.807, 2.05) is 0 Å². The van der Waals surface area contributed by atoms with E-state index in [2.05, 4.69) is 14.9 Å². The van der Waals surface area contributed by atoms with Crippen LogP contribution in [0, 0.1) is 0 Å². The maximum atomic E-state index is 12.5. The highest BCUT2D eigenvalue weighted by atomic mass is 35.5. The fraction of sp³-hybridized carbons (Fsp3) is 0.588. The summed E-state index contributed by atoms with van der Waals surface area (Å²) < 4.78 is 27.7. The summed E-state index contributed by atoms with van der Waals surface area (Å²) >= 11 is 0. The van der Waals surface area contributed by atoms with Gasteiger partial charge in [-0.1, -0.05) is 0 Å². The second kappa shape index (κ2) is 10.6. The normalized spacial score (nSPS) is 17.0. The Labute approximate surface area is 173 Å². The molecule has 0 saturated carbocycles. The molecule has 0 atom stereocenters. The van der Waals surface area contributed by atoms with Gasteiger partial charge in [-0.05, 0) is 43.1 Å². The molecule has 2 aliphatic rings. The number of amides is 1. The van der Waals surface area contributed by atoms with Crippen LogP contribution in [-0.4, -0.2) is 65.0 Å². The lowest BCUT2D eigenvalue weighted by molar-refractivity contribution is -0.116. The zero-order valence-corrected chi connectivity index (χ0v) is 17.9. The zero-order valence-electron chi connectivity index (χ0n) is 15.4. The first-order chi connectivity index (χ1) is 12.0. The van der Waals surface area contributed by atoms with E-state index >= 15 is 0 Å². The SMILES string of the molecule is CC(=O)N1CCc2cc(S(=O)(=O)NCCCN3CCNCC3)ccc21.Cl.Cl. The van der Waals surface area contributed by atoms with Gasteiger partial charge in [-0.3, -0.25) is 4.79 Å². The molecular weight excluding hydrogens is 411 g/mol. The number of rotatable bonds is 6. The zero-order chi connectivity index (χ0) is 17.9. The summed E-state index contributed by atoms with van der Waals surface area (Å²) in [6.07, 6.45) is 1.49. The second-order valence-electron chi connectivity index (χ2n) is 6.55. The van der Waals surface area contributed by atoms with Crippen molar-refractivity contribution < 1.29 is 13.2 Å². The van der Waals surface area contributed by atoms with Gasteiger partial charge in [0.15, 0.2) is 0 Å². The second-order valence-corrected chi connectivity index (χ2v) is 8.32. The Morgan fingerprint density at radius 3 is 2.56 bits per heavy atom. The quantitative estimate of drug-likeness (QED) is 0.647. The molecule has 154 valence electrons. The number of nitrogens with one attached hydrogen (secondary N) is 2. The average molecular weight is 439 g/mol. The standard InChI is InChI=1S/C17H26N4O3S.2ClH/c1-14(22)21-10-5-15-13-16(3-4-17(15)21)25(23,24)19-6-2-9-20-11-7-18-8-12-20;;/h3-4,13,18-19H,2,5-12H2,1H3;2*1H. The van der Waals surface area contributed by atoms with Crippen molar-refractivity contribution in [1.29, 1.82) is 0 Å². The Morgan fingerprint density at radius 1 is 1.19 bits per heavy atom. The fourth-order valence-corrected chi connectivity index (χ4v) is 4.52. The van der Waals surface area contributed by atoms with Crippen LogP contribution in [0.2, 0.25) is 0 Å². The summed E-state index contributed by atoms with van der Waals surface area (Å²) in [6.45, 7) is 7.52. The van der Waals surface area contributed by atoms with Gasteiger partial charge in [-0.25, -0.2) is 13.1 Å². The van der Waals surface area contributed by atoms with Gasteiger partial charge in [0.2, 0.25) is 15.9 Å². The van der Waals surface area contributed by atoms with Gasteiger partial charge in [-0.2, -0.15) is 0 Å². The molecule has 0 radical (unpaired) electrons. The first-order valence-electron chi connectivity index (χ1n) is 8.81. The van der Waals surface area contributed by atoms with E-state index in [1.165, 1.54) is 6.92 Å². The van der Waals surface area contributed by atoms with Crippen molar-refractivity contribution in [2.24, 2.45) is 0 Å². The number of halogens is 2. The third kappa shape index (κ3) is 6.04. The van der Waals surface area contributed by atoms with Crippen LogP contribution in [0.5, 0.6) is 0 Å². The smallest absolute Gasteiger partial charge is 0.240 e. The summed E-state index contributed by atoms with van der Waals surface area (Å²) in [4.78, 5) is 15.9. The van der Waals surface area contributed by atoms with Crippen LogP contribution in [-0.2, 0) is 21.2 Å². The molecule has 0 bridgehead atoms. The van der Waals surface area contributed by atoms with Crippen molar-refractivity contribution in [3.63, 3.8) is 0 Å². The Balaban J connectivity index is 0.00000182. The number of sulfonamides is 1. The van der Waals surface area contributed by atoms with Gasteiger partial charge in [0, 0.05) is 51.9 Å². The lowest BCUT2D eigenvalue weighted by Crippen LogP contribution is -2.44. The van der Waals surface area contributed by atoms with Crippen molar-refractivity contribution in [2.75, 3.05) is 50.7 Å². The minimum Gasteiger partial charge on any atom is -0.314 e. The molecule has 2 heterocycles. The summed E-state index contributed by atoms with van der Waals surface area (Å²) in [5, 5.41) is 3.30. The lowest BCUT2D eigenvalue weighted by atomic mass is 10.2. The monoisotopic (exact) mass is 438 g/mol. The molecule has 0 unspecified atom stereocenters. The van der Waals surface area contributed by atoms with Gasteiger partial charge < -0.3 is 15.1 Å². The molecule has 1 saturated heterocycles. The van der Waals surface area contributed by atoms with Crippen LogP contribution >= 0.6 is 24.8 Å². The molecule has 0 aromatic heterocycles. The van der Waals surface area contributed by atoms with E-state index in [0.717, 1.165) is 50.4 Å². The van der Waals surface area contributed by atoms with E-state index in [4.69, 9.17) is 0 Å². The molecule has 2 aliphatic heterocycles. The molecule has 1 aromatic carbocycles. The third-order valence-electron chi connectivity index (χ3n) is 4.79. The molecule has 1 fully saturated rings. The Kier molecular flexibility index (Phi) is 9.47. The van der Waals surface area contributed by atoms with Gasteiger partial charge in [0.25, 0.3) is 0 Å². The molecule has 0 aliphatic carbocycles. The fourth-order valence-electron chi connectivity index (χ4n) is 3.40. The number of anilines is 1. The highest BCUT2D eigenvalue weighted by molar-refractivity contribution is 7.89. The minimum atomic E-state index is -3.51. The predicted octanol–water partition coefficient (Wildman–Crippen LogP) is 1.01. The first kappa shape index (κ1) is 24.1. The van der Waals surface area contributed by atoms with Gasteiger partial charge >= 0.3 is 0 Å².